The van der Waals surface area contributed by atoms with Crippen LogP contribution in [0.5, 0.6) is 0 Å². The van der Waals surface area contributed by atoms with Crippen molar-refractivity contribution in [3.8, 4) is 0 Å². The lowest BCUT2D eigenvalue weighted by atomic mass is 9.99. The van der Waals surface area contributed by atoms with Gasteiger partial charge in [-0.3, -0.25) is 9.78 Å². The van der Waals surface area contributed by atoms with E-state index in [1.54, 1.807) is 12.4 Å². The molecule has 0 aliphatic carbocycles. The average molecular weight is 233 g/mol. The fraction of sp³-hybridized carbons (Fsp3) is 0.538. The molecule has 0 atom stereocenters. The van der Waals surface area contributed by atoms with Crippen molar-refractivity contribution in [2.24, 2.45) is 0 Å². The summed E-state index contributed by atoms with van der Waals surface area (Å²) in [4.78, 5) is 18.4. The quantitative estimate of drug-likeness (QED) is 0.793. The number of amides is 1. The highest BCUT2D eigenvalue weighted by atomic mass is 16.2. The summed E-state index contributed by atoms with van der Waals surface area (Å²) in [5.41, 5.74) is 1.56. The second-order valence-electron chi connectivity index (χ2n) is 5.20. The smallest absolute Gasteiger partial charge is 0.255 e. The highest BCUT2D eigenvalue weighted by molar-refractivity contribution is 5.94. The molecule has 1 N–H and O–H groups in total. The summed E-state index contributed by atoms with van der Waals surface area (Å²) >= 11 is 0. The third-order valence-electron chi connectivity index (χ3n) is 3.17. The fourth-order valence-corrected chi connectivity index (χ4v) is 2.19. The molecule has 17 heavy (non-hydrogen) atoms. The van der Waals surface area contributed by atoms with Gasteiger partial charge in [-0.2, -0.15) is 0 Å². The predicted octanol–water partition coefficient (Wildman–Crippen LogP) is 1.21. The molecule has 92 valence electrons. The van der Waals surface area contributed by atoms with Crippen molar-refractivity contribution in [2.45, 2.75) is 26.3 Å². The zero-order chi connectivity index (χ0) is 12.5. The van der Waals surface area contributed by atoms with Gasteiger partial charge < -0.3 is 10.2 Å². The number of piperazine rings is 1. The third-order valence-corrected chi connectivity index (χ3v) is 3.17. The average Bonchev–Trinajstić information content (AvgIpc) is 2.27. The minimum Gasteiger partial charge on any atom is -0.331 e. The lowest BCUT2D eigenvalue weighted by molar-refractivity contribution is 0.0477. The fourth-order valence-electron chi connectivity index (χ4n) is 2.19. The Balaban J connectivity index is 2.25. The van der Waals surface area contributed by atoms with Crippen molar-refractivity contribution < 1.29 is 4.79 Å². The van der Waals surface area contributed by atoms with Crippen molar-refractivity contribution in [3.63, 3.8) is 0 Å². The van der Waals surface area contributed by atoms with Crippen LogP contribution < -0.4 is 5.32 Å². The van der Waals surface area contributed by atoms with Gasteiger partial charge in [0.15, 0.2) is 0 Å². The van der Waals surface area contributed by atoms with Crippen LogP contribution in [0.3, 0.4) is 0 Å². The van der Waals surface area contributed by atoms with Crippen molar-refractivity contribution in [1.29, 1.82) is 0 Å². The molecule has 0 spiro atoms. The van der Waals surface area contributed by atoms with Gasteiger partial charge in [-0.05, 0) is 32.4 Å². The van der Waals surface area contributed by atoms with E-state index >= 15 is 0 Å². The zero-order valence-corrected chi connectivity index (χ0v) is 10.7. The number of carbonyl (C=O) groups excluding carboxylic acids is 1. The molecule has 0 unspecified atom stereocenters. The van der Waals surface area contributed by atoms with Gasteiger partial charge >= 0.3 is 0 Å². The molecule has 4 nitrogen and oxygen atoms in total. The van der Waals surface area contributed by atoms with Crippen LogP contribution in [0, 0.1) is 6.92 Å². The van der Waals surface area contributed by atoms with Crippen molar-refractivity contribution >= 4 is 5.91 Å². The molecular formula is C13H19N3O. The van der Waals surface area contributed by atoms with E-state index in [0.717, 1.165) is 25.2 Å². The van der Waals surface area contributed by atoms with E-state index < -0.39 is 0 Å². The monoisotopic (exact) mass is 233 g/mol. The van der Waals surface area contributed by atoms with E-state index in [2.05, 4.69) is 24.1 Å². The van der Waals surface area contributed by atoms with Crippen LogP contribution in [-0.2, 0) is 0 Å². The molecule has 2 heterocycles. The van der Waals surface area contributed by atoms with Gasteiger partial charge in [-0.25, -0.2) is 0 Å². The van der Waals surface area contributed by atoms with E-state index in [1.807, 2.05) is 17.9 Å². The Morgan fingerprint density at radius 1 is 1.47 bits per heavy atom. The minimum absolute atomic E-state index is 0.0766. The highest BCUT2D eigenvalue weighted by Crippen LogP contribution is 2.19. The molecule has 1 aliphatic rings. The number of nitrogens with zero attached hydrogens (tertiary/aromatic N) is 2. The Morgan fingerprint density at radius 3 is 2.88 bits per heavy atom. The summed E-state index contributed by atoms with van der Waals surface area (Å²) in [6, 6.07) is 1.90. The van der Waals surface area contributed by atoms with Crippen LogP contribution in [0.25, 0.3) is 0 Å². The lowest BCUT2D eigenvalue weighted by Gasteiger charge is -2.42. The summed E-state index contributed by atoms with van der Waals surface area (Å²) < 4.78 is 0. The Kier molecular flexibility index (Phi) is 3.15. The molecule has 0 aromatic carbocycles. The molecule has 1 saturated heterocycles. The number of aryl methyl sites for hydroxylation is 1. The number of aromatic nitrogens is 1. The molecule has 1 amide bonds. The van der Waals surface area contributed by atoms with Gasteiger partial charge in [0.1, 0.15) is 0 Å². The number of rotatable bonds is 1. The molecule has 1 aliphatic heterocycles. The molecule has 2 rings (SSSR count). The first-order valence-corrected chi connectivity index (χ1v) is 5.95. The number of nitrogens with one attached hydrogen (secondary N) is 1. The zero-order valence-electron chi connectivity index (χ0n) is 10.7. The Labute approximate surface area is 102 Å². The molecule has 0 bridgehead atoms. The van der Waals surface area contributed by atoms with Gasteiger partial charge in [0, 0.05) is 32.0 Å². The van der Waals surface area contributed by atoms with Crippen LogP contribution in [0.1, 0.15) is 29.8 Å². The maximum atomic E-state index is 12.4. The third kappa shape index (κ3) is 2.47. The normalized spacial score (nSPS) is 19.1. The van der Waals surface area contributed by atoms with Crippen LogP contribution in [0.4, 0.5) is 0 Å². The standard InChI is InChI=1S/C13H19N3O/c1-10-6-11(8-15-7-10)12(17)16-5-4-14-9-13(16,2)3/h6-8,14H,4-5,9H2,1-3H3. The number of hydrogen-bond acceptors (Lipinski definition) is 3. The Hall–Kier alpha value is -1.42. The van der Waals surface area contributed by atoms with E-state index in [4.69, 9.17) is 0 Å². The van der Waals surface area contributed by atoms with Crippen LogP contribution in [0.2, 0.25) is 0 Å². The number of pyridine rings is 1. The maximum absolute atomic E-state index is 12.4. The molecule has 0 saturated carbocycles. The first-order chi connectivity index (χ1) is 8.00. The second kappa shape index (κ2) is 4.45. The SMILES string of the molecule is Cc1cncc(C(=O)N2CCNCC2(C)C)c1. The van der Waals surface area contributed by atoms with Crippen molar-refractivity contribution in [1.82, 2.24) is 15.2 Å². The predicted molar refractivity (Wildman–Crippen MR) is 67.0 cm³/mol. The van der Waals surface area contributed by atoms with E-state index in [0.29, 0.717) is 5.56 Å². The summed E-state index contributed by atoms with van der Waals surface area (Å²) in [6.07, 6.45) is 3.41. The van der Waals surface area contributed by atoms with Crippen LogP contribution >= 0.6 is 0 Å². The summed E-state index contributed by atoms with van der Waals surface area (Å²) in [5, 5.41) is 3.31. The molecule has 1 aromatic heterocycles. The molecular weight excluding hydrogens is 214 g/mol. The molecule has 1 aromatic rings. The summed E-state index contributed by atoms with van der Waals surface area (Å²) in [6.45, 7) is 8.55. The Bertz CT molecular complexity index is 428. The van der Waals surface area contributed by atoms with Gasteiger partial charge in [-0.1, -0.05) is 0 Å². The molecule has 1 fully saturated rings. The molecule has 4 heteroatoms. The van der Waals surface area contributed by atoms with E-state index in [9.17, 15) is 4.79 Å². The van der Waals surface area contributed by atoms with Crippen LogP contribution in [0.15, 0.2) is 18.5 Å². The first-order valence-electron chi connectivity index (χ1n) is 5.95. The van der Waals surface area contributed by atoms with E-state index in [-0.39, 0.29) is 11.4 Å². The minimum atomic E-state index is -0.140. The van der Waals surface area contributed by atoms with Crippen molar-refractivity contribution in [2.75, 3.05) is 19.6 Å². The maximum Gasteiger partial charge on any atom is 0.255 e. The topological polar surface area (TPSA) is 45.2 Å². The van der Waals surface area contributed by atoms with Gasteiger partial charge in [-0.15, -0.1) is 0 Å². The summed E-state index contributed by atoms with van der Waals surface area (Å²) in [7, 11) is 0. The largest absolute Gasteiger partial charge is 0.331 e. The lowest BCUT2D eigenvalue weighted by Crippen LogP contribution is -2.59. The highest BCUT2D eigenvalue weighted by Gasteiger charge is 2.33. The molecule has 0 radical (unpaired) electrons. The Morgan fingerprint density at radius 2 is 2.24 bits per heavy atom. The van der Waals surface area contributed by atoms with Gasteiger partial charge in [0.05, 0.1) is 11.1 Å². The number of carbonyl (C=O) groups is 1. The number of hydrogen-bond donors (Lipinski definition) is 1. The van der Waals surface area contributed by atoms with Crippen LogP contribution in [-0.4, -0.2) is 41.0 Å². The van der Waals surface area contributed by atoms with Gasteiger partial charge in [0.2, 0.25) is 0 Å². The van der Waals surface area contributed by atoms with Gasteiger partial charge in [0.25, 0.3) is 5.91 Å². The van der Waals surface area contributed by atoms with E-state index in [1.165, 1.54) is 0 Å². The second-order valence-corrected chi connectivity index (χ2v) is 5.20. The van der Waals surface area contributed by atoms with Crippen molar-refractivity contribution in [3.05, 3.63) is 29.6 Å². The summed E-state index contributed by atoms with van der Waals surface area (Å²) in [5.74, 6) is 0.0766. The first kappa shape index (κ1) is 12.0.